The minimum absolute atomic E-state index is 0.0469. The molecule has 6 nitrogen and oxygen atoms in total. The summed E-state index contributed by atoms with van der Waals surface area (Å²) in [5.74, 6) is 0.179. The third kappa shape index (κ3) is 4.44. The summed E-state index contributed by atoms with van der Waals surface area (Å²) in [6.07, 6.45) is 3.00. The third-order valence-corrected chi connectivity index (χ3v) is 3.69. The molecule has 1 aromatic carbocycles. The lowest BCUT2D eigenvalue weighted by Crippen LogP contribution is -2.30. The van der Waals surface area contributed by atoms with Crippen molar-refractivity contribution < 1.29 is 18.3 Å². The van der Waals surface area contributed by atoms with E-state index >= 15 is 0 Å². The molecule has 0 saturated heterocycles. The zero-order chi connectivity index (χ0) is 18.4. The van der Waals surface area contributed by atoms with Crippen LogP contribution in [0.4, 0.5) is 4.39 Å². The van der Waals surface area contributed by atoms with E-state index in [-0.39, 0.29) is 29.9 Å². The van der Waals surface area contributed by atoms with E-state index in [4.69, 9.17) is 9.15 Å². The van der Waals surface area contributed by atoms with Crippen molar-refractivity contribution in [1.82, 2.24) is 14.9 Å². The Labute approximate surface area is 150 Å². The van der Waals surface area contributed by atoms with E-state index in [0.717, 1.165) is 5.69 Å². The quantitative estimate of drug-likeness (QED) is 0.649. The van der Waals surface area contributed by atoms with Crippen molar-refractivity contribution in [1.29, 1.82) is 0 Å². The maximum atomic E-state index is 12.9. The van der Waals surface area contributed by atoms with Crippen LogP contribution < -0.4 is 4.74 Å². The summed E-state index contributed by atoms with van der Waals surface area (Å²) < 4.78 is 23.6. The summed E-state index contributed by atoms with van der Waals surface area (Å²) in [7, 11) is 0. The SMILES string of the molecule is CCN(Cc1ccccn1)C(=O)c1coc(COc2ccc(F)cc2)n1. The lowest BCUT2D eigenvalue weighted by molar-refractivity contribution is 0.0744. The topological polar surface area (TPSA) is 68.5 Å². The van der Waals surface area contributed by atoms with Gasteiger partial charge in [0.2, 0.25) is 5.89 Å². The fourth-order valence-electron chi connectivity index (χ4n) is 2.33. The summed E-state index contributed by atoms with van der Waals surface area (Å²) in [5.41, 5.74) is 1.01. The van der Waals surface area contributed by atoms with Crippen LogP contribution in [-0.4, -0.2) is 27.3 Å². The van der Waals surface area contributed by atoms with Crippen molar-refractivity contribution >= 4 is 5.91 Å². The number of hydrogen-bond acceptors (Lipinski definition) is 5. The highest BCUT2D eigenvalue weighted by Gasteiger charge is 2.19. The van der Waals surface area contributed by atoms with Crippen LogP contribution in [-0.2, 0) is 13.2 Å². The summed E-state index contributed by atoms with van der Waals surface area (Å²) in [4.78, 5) is 22.6. The predicted molar refractivity (Wildman–Crippen MR) is 91.9 cm³/mol. The molecule has 7 heteroatoms. The van der Waals surface area contributed by atoms with Crippen LogP contribution in [0, 0.1) is 5.82 Å². The molecule has 1 amide bonds. The first-order valence-electron chi connectivity index (χ1n) is 8.17. The number of benzene rings is 1. The number of aromatic nitrogens is 2. The molecule has 0 bridgehead atoms. The summed E-state index contributed by atoms with van der Waals surface area (Å²) in [5, 5.41) is 0. The van der Waals surface area contributed by atoms with Crippen molar-refractivity contribution in [2.24, 2.45) is 0 Å². The molecule has 0 N–H and O–H groups in total. The van der Waals surface area contributed by atoms with Crippen LogP contribution in [0.3, 0.4) is 0 Å². The number of nitrogens with zero attached hydrogens (tertiary/aromatic N) is 3. The Morgan fingerprint density at radius 1 is 1.23 bits per heavy atom. The van der Waals surface area contributed by atoms with Crippen molar-refractivity contribution in [2.75, 3.05) is 6.54 Å². The van der Waals surface area contributed by atoms with Gasteiger partial charge in [0.25, 0.3) is 5.91 Å². The van der Waals surface area contributed by atoms with Gasteiger partial charge in [-0.25, -0.2) is 9.37 Å². The first kappa shape index (κ1) is 17.6. The second-order valence-corrected chi connectivity index (χ2v) is 5.51. The van der Waals surface area contributed by atoms with Crippen LogP contribution in [0.2, 0.25) is 0 Å². The fraction of sp³-hybridized carbons (Fsp3) is 0.211. The van der Waals surface area contributed by atoms with E-state index in [0.29, 0.717) is 18.8 Å². The highest BCUT2D eigenvalue weighted by atomic mass is 19.1. The number of rotatable bonds is 7. The maximum Gasteiger partial charge on any atom is 0.276 e. The Morgan fingerprint density at radius 3 is 2.73 bits per heavy atom. The van der Waals surface area contributed by atoms with Crippen LogP contribution in [0.25, 0.3) is 0 Å². The summed E-state index contributed by atoms with van der Waals surface area (Å²) in [6, 6.07) is 11.2. The van der Waals surface area contributed by atoms with E-state index in [2.05, 4.69) is 9.97 Å². The zero-order valence-corrected chi connectivity index (χ0v) is 14.3. The first-order valence-corrected chi connectivity index (χ1v) is 8.17. The van der Waals surface area contributed by atoms with Gasteiger partial charge < -0.3 is 14.1 Å². The Bertz CT molecular complexity index is 850. The number of ether oxygens (including phenoxy) is 1. The number of carbonyl (C=O) groups excluding carboxylic acids is 1. The van der Waals surface area contributed by atoms with Gasteiger partial charge in [0.05, 0.1) is 12.2 Å². The molecule has 3 rings (SSSR count). The standard InChI is InChI=1S/C19H18FN3O3/c1-2-23(11-15-5-3-4-10-21-15)19(24)17-12-26-18(22-17)13-25-16-8-6-14(20)7-9-16/h3-10,12H,2,11,13H2,1H3. The lowest BCUT2D eigenvalue weighted by atomic mass is 10.3. The molecule has 0 saturated carbocycles. The minimum Gasteiger partial charge on any atom is -0.484 e. The summed E-state index contributed by atoms with van der Waals surface area (Å²) in [6.45, 7) is 2.85. The Balaban J connectivity index is 1.62. The van der Waals surface area contributed by atoms with Crippen molar-refractivity contribution in [3.8, 4) is 5.75 Å². The van der Waals surface area contributed by atoms with Crippen LogP contribution in [0.1, 0.15) is 29.0 Å². The number of halogens is 1. The van der Waals surface area contributed by atoms with Crippen LogP contribution in [0.5, 0.6) is 5.75 Å². The second-order valence-electron chi connectivity index (χ2n) is 5.51. The van der Waals surface area contributed by atoms with Gasteiger partial charge in [0, 0.05) is 12.7 Å². The van der Waals surface area contributed by atoms with Crippen molar-refractivity contribution in [3.63, 3.8) is 0 Å². The highest BCUT2D eigenvalue weighted by molar-refractivity contribution is 5.91. The van der Waals surface area contributed by atoms with Crippen molar-refractivity contribution in [3.05, 3.63) is 78.0 Å². The second kappa shape index (κ2) is 8.24. The molecule has 0 aliphatic carbocycles. The van der Waals surface area contributed by atoms with Gasteiger partial charge in [0.1, 0.15) is 17.8 Å². The van der Waals surface area contributed by atoms with Crippen LogP contribution >= 0.6 is 0 Å². The molecule has 0 unspecified atom stereocenters. The van der Waals surface area contributed by atoms with Gasteiger partial charge in [0.15, 0.2) is 12.3 Å². The molecule has 0 radical (unpaired) electrons. The predicted octanol–water partition coefficient (Wildman–Crippen LogP) is 3.45. The smallest absolute Gasteiger partial charge is 0.276 e. The van der Waals surface area contributed by atoms with Gasteiger partial charge in [-0.3, -0.25) is 9.78 Å². The number of hydrogen-bond donors (Lipinski definition) is 0. The van der Waals surface area contributed by atoms with Gasteiger partial charge in [-0.1, -0.05) is 6.07 Å². The molecule has 0 spiro atoms. The first-order chi connectivity index (χ1) is 12.7. The van der Waals surface area contributed by atoms with Gasteiger partial charge in [-0.2, -0.15) is 0 Å². The molecule has 2 aromatic heterocycles. The Morgan fingerprint density at radius 2 is 2.04 bits per heavy atom. The molecule has 0 fully saturated rings. The fourth-order valence-corrected chi connectivity index (χ4v) is 2.33. The molecule has 0 aliphatic heterocycles. The van der Waals surface area contributed by atoms with E-state index in [1.165, 1.54) is 30.5 Å². The Kier molecular flexibility index (Phi) is 5.58. The average Bonchev–Trinajstić information content (AvgIpc) is 3.15. The highest BCUT2D eigenvalue weighted by Crippen LogP contribution is 2.14. The normalized spacial score (nSPS) is 10.5. The number of amides is 1. The average molecular weight is 355 g/mol. The molecule has 3 aromatic rings. The molecule has 2 heterocycles. The number of oxazole rings is 1. The van der Waals surface area contributed by atoms with Gasteiger partial charge >= 0.3 is 0 Å². The minimum atomic E-state index is -0.339. The third-order valence-electron chi connectivity index (χ3n) is 3.69. The monoisotopic (exact) mass is 355 g/mol. The van der Waals surface area contributed by atoms with Crippen molar-refractivity contribution in [2.45, 2.75) is 20.1 Å². The lowest BCUT2D eigenvalue weighted by Gasteiger charge is -2.18. The molecule has 0 atom stereocenters. The molecule has 0 aliphatic rings. The molecule has 26 heavy (non-hydrogen) atoms. The van der Waals surface area contributed by atoms with E-state index in [1.54, 1.807) is 11.1 Å². The summed E-state index contributed by atoms with van der Waals surface area (Å²) >= 11 is 0. The van der Waals surface area contributed by atoms with E-state index in [9.17, 15) is 9.18 Å². The van der Waals surface area contributed by atoms with E-state index in [1.807, 2.05) is 25.1 Å². The zero-order valence-electron chi connectivity index (χ0n) is 14.3. The number of carbonyl (C=O) groups is 1. The van der Waals surface area contributed by atoms with Gasteiger partial charge in [-0.05, 0) is 43.3 Å². The molecular weight excluding hydrogens is 337 g/mol. The van der Waals surface area contributed by atoms with Crippen LogP contribution in [0.15, 0.2) is 59.3 Å². The van der Waals surface area contributed by atoms with Gasteiger partial charge in [-0.15, -0.1) is 0 Å². The van der Waals surface area contributed by atoms with E-state index < -0.39 is 0 Å². The maximum absolute atomic E-state index is 12.9. The number of pyridine rings is 1. The molecule has 134 valence electrons. The molecular formula is C19H18FN3O3. The Hall–Kier alpha value is -3.22. The largest absolute Gasteiger partial charge is 0.484 e.